The summed E-state index contributed by atoms with van der Waals surface area (Å²) in [7, 11) is -1.29. The number of benzene rings is 7. The maximum atomic E-state index is 8.01. The van der Waals surface area contributed by atoms with Crippen molar-refractivity contribution in [1.82, 2.24) is 14.5 Å². The summed E-state index contributed by atoms with van der Waals surface area (Å²) >= 11 is 0. The molecular formula is C54H45IrN3OSi-2. The van der Waals surface area contributed by atoms with Crippen LogP contribution < -0.4 is 5.19 Å². The van der Waals surface area contributed by atoms with E-state index in [0.29, 0.717) is 0 Å². The molecule has 0 bridgehead atoms. The standard InChI is InChI=1S/C37H23N2O.C17H22NSi.Ir/c1-3-12-25(13-4-1)27-22-23-28(26-14-5-2-6-15-26)34(24-27)39-33-20-9-8-19-32(33)38-37(39)31-18-11-17-30-29-16-7-10-21-35(29)40-36(30)31;1-13(2)14-6-8-15(9-7-14)17-11-10-16(12-18-17)19(3,4)5;/h1-17,19-24H;6-8,10-13H,1-5H3;/q2*-1;/i;13D;. The van der Waals surface area contributed by atoms with Gasteiger partial charge < -0.3 is 14.0 Å². The summed E-state index contributed by atoms with van der Waals surface area (Å²) in [6, 6.07) is 65.1. The molecule has 0 amide bonds. The summed E-state index contributed by atoms with van der Waals surface area (Å²) < 4.78 is 16.7. The van der Waals surface area contributed by atoms with E-state index in [0.717, 1.165) is 83.6 Å². The topological polar surface area (TPSA) is 43.9 Å². The van der Waals surface area contributed by atoms with E-state index < -0.39 is 14.0 Å². The van der Waals surface area contributed by atoms with Crippen LogP contribution in [0.1, 0.15) is 26.7 Å². The number of fused-ring (bicyclic) bond motifs is 4. The molecule has 0 aliphatic carbocycles. The van der Waals surface area contributed by atoms with Crippen molar-refractivity contribution >= 4 is 46.2 Å². The number of aromatic nitrogens is 3. The Hall–Kier alpha value is -6.17. The molecule has 1 radical (unpaired) electrons. The van der Waals surface area contributed by atoms with E-state index in [2.05, 4.69) is 157 Å². The number of nitrogens with zero attached hydrogens (tertiary/aromatic N) is 3. The molecule has 0 spiro atoms. The van der Waals surface area contributed by atoms with Gasteiger partial charge >= 0.3 is 0 Å². The Morgan fingerprint density at radius 2 is 1.40 bits per heavy atom. The molecule has 0 aliphatic rings. The Balaban J connectivity index is 0.000000208. The largest absolute Gasteiger partial charge is 0.501 e. The number of hydrogen-bond acceptors (Lipinski definition) is 3. The molecule has 3 aromatic heterocycles. The second-order valence-electron chi connectivity index (χ2n) is 16.1. The van der Waals surface area contributed by atoms with Gasteiger partial charge in [-0.15, -0.1) is 53.6 Å². The summed E-state index contributed by atoms with van der Waals surface area (Å²) in [6.45, 7) is 10.7. The molecule has 0 fully saturated rings. The van der Waals surface area contributed by atoms with Crippen LogP contribution in [0.2, 0.25) is 19.6 Å². The third-order valence-electron chi connectivity index (χ3n) is 10.8. The summed E-state index contributed by atoms with van der Waals surface area (Å²) in [5, 5.41) is 3.51. The average Bonchev–Trinajstić information content (AvgIpc) is 3.86. The van der Waals surface area contributed by atoms with Gasteiger partial charge in [0.15, 0.2) is 0 Å². The molecule has 0 unspecified atom stereocenters. The molecule has 0 saturated heterocycles. The molecule has 0 saturated carbocycles. The maximum Gasteiger partial charge on any atom is 0.120 e. The van der Waals surface area contributed by atoms with Gasteiger partial charge in [0.05, 0.1) is 30.5 Å². The summed E-state index contributed by atoms with van der Waals surface area (Å²) in [6.07, 6.45) is 2.00. The van der Waals surface area contributed by atoms with Gasteiger partial charge in [-0.3, -0.25) is 4.98 Å². The van der Waals surface area contributed by atoms with E-state index >= 15 is 0 Å². The normalized spacial score (nSPS) is 11.8. The second-order valence-corrected chi connectivity index (χ2v) is 21.2. The van der Waals surface area contributed by atoms with Gasteiger partial charge in [-0.25, -0.2) is 0 Å². The third kappa shape index (κ3) is 8.07. The predicted octanol–water partition coefficient (Wildman–Crippen LogP) is 13.9. The van der Waals surface area contributed by atoms with E-state index in [-0.39, 0.29) is 20.1 Å². The van der Waals surface area contributed by atoms with Gasteiger partial charge in [0.2, 0.25) is 0 Å². The summed E-state index contributed by atoms with van der Waals surface area (Å²) in [5.74, 6) is 0.220. The van der Waals surface area contributed by atoms with Crippen LogP contribution in [0.5, 0.6) is 0 Å². The molecule has 6 heteroatoms. The first-order valence-corrected chi connectivity index (χ1v) is 23.6. The molecule has 60 heavy (non-hydrogen) atoms. The zero-order chi connectivity index (χ0) is 41.4. The Morgan fingerprint density at radius 1 is 0.683 bits per heavy atom. The minimum atomic E-state index is -1.29. The van der Waals surface area contributed by atoms with E-state index in [1.54, 1.807) is 0 Å². The minimum Gasteiger partial charge on any atom is -0.501 e. The van der Waals surface area contributed by atoms with Crippen molar-refractivity contribution in [3.63, 3.8) is 0 Å². The van der Waals surface area contributed by atoms with Crippen molar-refractivity contribution in [3.05, 3.63) is 194 Å². The van der Waals surface area contributed by atoms with Crippen molar-refractivity contribution < 1.29 is 25.9 Å². The molecule has 10 rings (SSSR count). The fourth-order valence-electron chi connectivity index (χ4n) is 7.57. The molecule has 4 nitrogen and oxygen atoms in total. The fourth-order valence-corrected chi connectivity index (χ4v) is 8.61. The maximum absolute atomic E-state index is 8.01. The summed E-state index contributed by atoms with van der Waals surface area (Å²) in [4.78, 5) is 9.75. The van der Waals surface area contributed by atoms with Crippen molar-refractivity contribution in [2.24, 2.45) is 0 Å². The van der Waals surface area contributed by atoms with E-state index in [1.165, 1.54) is 10.8 Å². The van der Waals surface area contributed by atoms with E-state index in [9.17, 15) is 0 Å². The van der Waals surface area contributed by atoms with Crippen molar-refractivity contribution in [2.75, 3.05) is 0 Å². The molecule has 10 aromatic rings. The number of pyridine rings is 1. The van der Waals surface area contributed by atoms with Crippen molar-refractivity contribution in [1.29, 1.82) is 0 Å². The number of para-hydroxylation sites is 3. The Labute approximate surface area is 368 Å². The molecular weight excluding hydrogens is 927 g/mol. The Kier molecular flexibility index (Phi) is 11.3. The molecule has 7 aromatic carbocycles. The van der Waals surface area contributed by atoms with Gasteiger partial charge in [0.1, 0.15) is 5.58 Å². The number of hydrogen-bond donors (Lipinski definition) is 0. The fraction of sp³-hybridized carbons (Fsp3) is 0.111. The van der Waals surface area contributed by atoms with Gasteiger partial charge in [-0.1, -0.05) is 166 Å². The van der Waals surface area contributed by atoms with Crippen LogP contribution in [0.4, 0.5) is 0 Å². The van der Waals surface area contributed by atoms with Crippen LogP contribution in [-0.2, 0) is 20.1 Å². The first kappa shape index (κ1) is 39.3. The van der Waals surface area contributed by atoms with Crippen LogP contribution in [0, 0.1) is 12.1 Å². The van der Waals surface area contributed by atoms with Crippen LogP contribution in [0.25, 0.3) is 83.6 Å². The van der Waals surface area contributed by atoms with Gasteiger partial charge in [-0.2, -0.15) is 0 Å². The molecule has 297 valence electrons. The van der Waals surface area contributed by atoms with Crippen LogP contribution in [0.15, 0.2) is 180 Å². The zero-order valence-electron chi connectivity index (χ0n) is 35.3. The van der Waals surface area contributed by atoms with Gasteiger partial charge in [0.25, 0.3) is 0 Å². The first-order chi connectivity index (χ1) is 29.0. The van der Waals surface area contributed by atoms with Gasteiger partial charge in [-0.05, 0) is 51.8 Å². The smallest absolute Gasteiger partial charge is 0.120 e. The van der Waals surface area contributed by atoms with Crippen molar-refractivity contribution in [3.8, 4) is 50.6 Å². The summed E-state index contributed by atoms with van der Waals surface area (Å²) in [5.41, 5.74) is 13.0. The third-order valence-corrected chi connectivity index (χ3v) is 12.9. The van der Waals surface area contributed by atoms with E-state index in [4.69, 9.17) is 10.8 Å². The molecule has 0 N–H and O–H groups in total. The Bertz CT molecular complexity index is 3040. The number of furan rings is 1. The first-order valence-electron chi connectivity index (χ1n) is 20.6. The van der Waals surface area contributed by atoms with E-state index in [1.807, 2.05) is 74.6 Å². The molecule has 3 heterocycles. The molecule has 0 atom stereocenters. The number of rotatable bonds is 7. The Morgan fingerprint density at radius 3 is 2.10 bits per heavy atom. The average molecular weight is 973 g/mol. The van der Waals surface area contributed by atoms with Crippen LogP contribution in [0.3, 0.4) is 0 Å². The van der Waals surface area contributed by atoms with Crippen molar-refractivity contribution in [2.45, 2.75) is 39.4 Å². The molecule has 0 aliphatic heterocycles. The monoisotopic (exact) mass is 973 g/mol. The zero-order valence-corrected chi connectivity index (χ0v) is 37.7. The predicted molar refractivity (Wildman–Crippen MR) is 249 cm³/mol. The minimum absolute atomic E-state index is 0. The quantitative estimate of drug-likeness (QED) is 0.118. The second kappa shape index (κ2) is 17.2. The van der Waals surface area contributed by atoms with Crippen LogP contribution >= 0.6 is 0 Å². The van der Waals surface area contributed by atoms with Crippen LogP contribution in [-0.4, -0.2) is 22.6 Å². The van der Waals surface area contributed by atoms with Gasteiger partial charge in [0, 0.05) is 44.3 Å². The SMILES string of the molecule is [2H]C(C)(C)c1c[c-]c(-c2ccc([Si](C)(C)C)cn2)cc1.[Ir].[c-]1ccc2c(oc3ccccc32)c1-c1nc2ccccc2n1-c1cc(-c2ccccc2)ccc1-c1ccccc1. The number of imidazole rings is 1.